The van der Waals surface area contributed by atoms with E-state index in [-0.39, 0.29) is 30.5 Å². The molecule has 0 radical (unpaired) electrons. The summed E-state index contributed by atoms with van der Waals surface area (Å²) in [5.74, 6) is 1.46. The molecule has 3 aromatic heterocycles. The SMILES string of the molecule is Cc1nc(NC(C)c2cccc(-c3cnc(NCC(O)CO)nc3)c2)cc(-c2cc([N+](=O)[O-])c3occ(C)c3c2)n1. The van der Waals surface area contributed by atoms with Crippen LogP contribution >= 0.6 is 0 Å². The maximum Gasteiger partial charge on any atom is 0.312 e. The van der Waals surface area contributed by atoms with Crippen LogP contribution in [-0.2, 0) is 0 Å². The molecule has 5 rings (SSSR count). The Kier molecular flexibility index (Phi) is 7.86. The second-order valence-corrected chi connectivity index (χ2v) is 9.74. The molecule has 2 aromatic carbocycles. The largest absolute Gasteiger partial charge is 0.457 e. The van der Waals surface area contributed by atoms with Crippen LogP contribution in [0.2, 0.25) is 0 Å². The van der Waals surface area contributed by atoms with Gasteiger partial charge in [0.2, 0.25) is 11.5 Å². The number of fused-ring (bicyclic) bond motifs is 1. The molecule has 5 aromatic rings. The standard InChI is InChI=1S/C29H29N7O5/c1-16-15-41-28-24(16)8-21(9-26(28)36(39)40)25-10-27(35-18(3)34-25)33-17(2)19-5-4-6-20(7-19)22-11-30-29(31-12-22)32-13-23(38)14-37/h4-12,15,17,23,37-38H,13-14H2,1-3H3,(H,30,31,32)(H,33,34,35). The molecule has 3 heterocycles. The zero-order valence-corrected chi connectivity index (χ0v) is 22.7. The minimum absolute atomic E-state index is 0.114. The first-order valence-corrected chi connectivity index (χ1v) is 13.0. The smallest absolute Gasteiger partial charge is 0.312 e. The molecule has 4 N–H and O–H groups in total. The molecule has 2 atom stereocenters. The Morgan fingerprint density at radius 3 is 2.56 bits per heavy atom. The van der Waals surface area contributed by atoms with Crippen molar-refractivity contribution in [1.29, 1.82) is 0 Å². The summed E-state index contributed by atoms with van der Waals surface area (Å²) in [6, 6.07) is 12.9. The lowest BCUT2D eigenvalue weighted by Gasteiger charge is -2.17. The fourth-order valence-corrected chi connectivity index (χ4v) is 4.45. The number of rotatable bonds is 10. The zero-order valence-electron chi connectivity index (χ0n) is 22.7. The maximum absolute atomic E-state index is 11.7. The third-order valence-corrected chi connectivity index (χ3v) is 6.62. The van der Waals surface area contributed by atoms with E-state index in [1.54, 1.807) is 25.4 Å². The monoisotopic (exact) mass is 555 g/mol. The van der Waals surface area contributed by atoms with Crippen LogP contribution in [0.25, 0.3) is 33.4 Å². The Hall–Kier alpha value is -4.94. The van der Waals surface area contributed by atoms with Crippen LogP contribution in [-0.4, -0.2) is 54.3 Å². The van der Waals surface area contributed by atoms with Crippen molar-refractivity contribution in [1.82, 2.24) is 19.9 Å². The number of nitrogens with zero attached hydrogens (tertiary/aromatic N) is 5. The molecule has 0 saturated carbocycles. The van der Waals surface area contributed by atoms with Crippen molar-refractivity contribution in [2.45, 2.75) is 32.9 Å². The van der Waals surface area contributed by atoms with Gasteiger partial charge in [-0.25, -0.2) is 19.9 Å². The Bertz CT molecular complexity index is 1700. The Morgan fingerprint density at radius 1 is 1.05 bits per heavy atom. The number of benzene rings is 2. The van der Waals surface area contributed by atoms with Gasteiger partial charge in [0.15, 0.2) is 0 Å². The number of hydrogen-bond acceptors (Lipinski definition) is 11. The highest BCUT2D eigenvalue weighted by Crippen LogP contribution is 2.35. The highest BCUT2D eigenvalue weighted by molar-refractivity contribution is 5.92. The van der Waals surface area contributed by atoms with Gasteiger partial charge in [-0.1, -0.05) is 18.2 Å². The maximum atomic E-state index is 11.7. The number of furan rings is 1. The van der Waals surface area contributed by atoms with E-state index >= 15 is 0 Å². The van der Waals surface area contributed by atoms with Gasteiger partial charge in [0.25, 0.3) is 0 Å². The van der Waals surface area contributed by atoms with Gasteiger partial charge < -0.3 is 25.3 Å². The van der Waals surface area contributed by atoms with Crippen molar-refractivity contribution in [2.24, 2.45) is 0 Å². The lowest BCUT2D eigenvalue weighted by Crippen LogP contribution is -2.23. The predicted molar refractivity (Wildman–Crippen MR) is 154 cm³/mol. The summed E-state index contributed by atoms with van der Waals surface area (Å²) < 4.78 is 5.44. The first-order chi connectivity index (χ1) is 19.7. The van der Waals surface area contributed by atoms with Crippen molar-refractivity contribution in [3.05, 3.63) is 88.2 Å². The molecule has 0 saturated heterocycles. The van der Waals surface area contributed by atoms with Crippen LogP contribution in [0.3, 0.4) is 0 Å². The van der Waals surface area contributed by atoms with Crippen LogP contribution in [0.15, 0.2) is 65.5 Å². The van der Waals surface area contributed by atoms with Gasteiger partial charge in [-0.2, -0.15) is 0 Å². The number of aliphatic hydroxyl groups excluding tert-OH is 2. The van der Waals surface area contributed by atoms with Gasteiger partial charge in [-0.15, -0.1) is 0 Å². The van der Waals surface area contributed by atoms with E-state index in [4.69, 9.17) is 9.52 Å². The fourth-order valence-electron chi connectivity index (χ4n) is 4.45. The van der Waals surface area contributed by atoms with Crippen LogP contribution in [0.1, 0.15) is 29.9 Å². The number of non-ortho nitro benzene ring substituents is 1. The lowest BCUT2D eigenvalue weighted by molar-refractivity contribution is -0.383. The van der Waals surface area contributed by atoms with Crippen LogP contribution < -0.4 is 10.6 Å². The summed E-state index contributed by atoms with van der Waals surface area (Å²) in [7, 11) is 0. The quantitative estimate of drug-likeness (QED) is 0.138. The summed E-state index contributed by atoms with van der Waals surface area (Å²) in [4.78, 5) is 29.0. The summed E-state index contributed by atoms with van der Waals surface area (Å²) in [5.41, 5.74) is 4.83. The number of hydrogen-bond donors (Lipinski definition) is 4. The normalized spacial score (nSPS) is 12.7. The number of nitro benzene ring substituents is 1. The fraction of sp³-hybridized carbons (Fsp3) is 0.241. The second-order valence-electron chi connectivity index (χ2n) is 9.74. The Morgan fingerprint density at radius 2 is 1.83 bits per heavy atom. The summed E-state index contributed by atoms with van der Waals surface area (Å²) in [6.45, 7) is 5.43. The molecular weight excluding hydrogens is 526 g/mol. The van der Waals surface area contributed by atoms with Gasteiger partial charge in [-0.3, -0.25) is 10.1 Å². The van der Waals surface area contributed by atoms with Crippen molar-refractivity contribution in [3.8, 4) is 22.4 Å². The van der Waals surface area contributed by atoms with E-state index in [9.17, 15) is 15.2 Å². The van der Waals surface area contributed by atoms with Crippen molar-refractivity contribution in [3.63, 3.8) is 0 Å². The molecule has 12 heteroatoms. The number of nitrogens with one attached hydrogen (secondary N) is 2. The van der Waals surface area contributed by atoms with E-state index < -0.39 is 11.0 Å². The molecule has 0 bridgehead atoms. The van der Waals surface area contributed by atoms with E-state index in [0.29, 0.717) is 34.2 Å². The molecule has 2 unspecified atom stereocenters. The molecule has 0 aliphatic heterocycles. The number of aromatic nitrogens is 4. The number of aliphatic hydroxyl groups is 2. The predicted octanol–water partition coefficient (Wildman–Crippen LogP) is 4.81. The molecule has 0 spiro atoms. The molecule has 0 amide bonds. The van der Waals surface area contributed by atoms with E-state index in [0.717, 1.165) is 22.3 Å². The second kappa shape index (κ2) is 11.7. The molecule has 41 heavy (non-hydrogen) atoms. The average Bonchev–Trinajstić information content (AvgIpc) is 3.35. The third kappa shape index (κ3) is 6.13. The number of anilines is 2. The van der Waals surface area contributed by atoms with E-state index in [1.807, 2.05) is 44.2 Å². The van der Waals surface area contributed by atoms with Gasteiger partial charge in [0.05, 0.1) is 29.6 Å². The molecular formula is C29H29N7O5. The summed E-state index contributed by atoms with van der Waals surface area (Å²) in [6.07, 6.45) is 4.00. The minimum atomic E-state index is -0.887. The van der Waals surface area contributed by atoms with Crippen LogP contribution in [0.5, 0.6) is 0 Å². The van der Waals surface area contributed by atoms with E-state index in [1.165, 1.54) is 12.3 Å². The Labute approximate surface area is 235 Å². The van der Waals surface area contributed by atoms with Gasteiger partial charge in [0.1, 0.15) is 11.6 Å². The first-order valence-electron chi connectivity index (χ1n) is 13.0. The summed E-state index contributed by atoms with van der Waals surface area (Å²) in [5, 5.41) is 37.1. The lowest BCUT2D eigenvalue weighted by atomic mass is 10.0. The van der Waals surface area contributed by atoms with Gasteiger partial charge in [-0.05, 0) is 49.6 Å². The summed E-state index contributed by atoms with van der Waals surface area (Å²) >= 11 is 0. The van der Waals surface area contributed by atoms with Crippen molar-refractivity contribution >= 4 is 28.4 Å². The number of nitro groups is 1. The van der Waals surface area contributed by atoms with Crippen molar-refractivity contribution < 1.29 is 19.6 Å². The molecule has 0 aliphatic carbocycles. The molecule has 12 nitrogen and oxygen atoms in total. The average molecular weight is 556 g/mol. The van der Waals surface area contributed by atoms with Crippen LogP contribution in [0, 0.1) is 24.0 Å². The van der Waals surface area contributed by atoms with E-state index in [2.05, 4.69) is 30.6 Å². The Balaban J connectivity index is 1.37. The molecule has 210 valence electrons. The third-order valence-electron chi connectivity index (χ3n) is 6.62. The molecule has 0 aliphatic rings. The first kappa shape index (κ1) is 27.6. The highest BCUT2D eigenvalue weighted by atomic mass is 16.6. The van der Waals surface area contributed by atoms with Gasteiger partial charge in [0, 0.05) is 53.6 Å². The zero-order chi connectivity index (χ0) is 29.1. The minimum Gasteiger partial charge on any atom is -0.457 e. The molecule has 0 fully saturated rings. The van der Waals surface area contributed by atoms with Crippen molar-refractivity contribution in [2.75, 3.05) is 23.8 Å². The number of aryl methyl sites for hydroxylation is 2. The van der Waals surface area contributed by atoms with Gasteiger partial charge >= 0.3 is 5.69 Å². The van der Waals surface area contributed by atoms with Crippen LogP contribution in [0.4, 0.5) is 17.5 Å². The topological polar surface area (TPSA) is 172 Å². The highest BCUT2D eigenvalue weighted by Gasteiger charge is 2.20.